The molecule has 1 aliphatic heterocycles. The lowest BCUT2D eigenvalue weighted by atomic mass is 10.2. The molecule has 6 nitrogen and oxygen atoms in total. The fourth-order valence-electron chi connectivity index (χ4n) is 3.40. The number of hydrogen-bond acceptors (Lipinski definition) is 6. The predicted molar refractivity (Wildman–Crippen MR) is 112 cm³/mol. The number of anilines is 3. The zero-order valence-corrected chi connectivity index (χ0v) is 16.1. The second-order valence-electron chi connectivity index (χ2n) is 6.82. The van der Waals surface area contributed by atoms with Gasteiger partial charge in [0.1, 0.15) is 11.6 Å². The summed E-state index contributed by atoms with van der Waals surface area (Å²) in [6, 6.07) is 20.3. The van der Waals surface area contributed by atoms with Crippen LogP contribution >= 0.6 is 0 Å². The van der Waals surface area contributed by atoms with E-state index in [4.69, 9.17) is 9.72 Å². The van der Waals surface area contributed by atoms with Crippen molar-refractivity contribution < 1.29 is 4.74 Å². The number of hydrogen-bond donors (Lipinski definition) is 1. The third-order valence-corrected chi connectivity index (χ3v) is 4.92. The van der Waals surface area contributed by atoms with E-state index in [9.17, 15) is 0 Å². The molecule has 4 rings (SSSR count). The number of para-hydroxylation sites is 2. The standard InChI is InChI=1S/C22H25N5O/c1-28-20-10-6-5-9-19(20)24-21-11-12-23-22(25-21)27-15-13-26(14-16-27)17-18-7-3-2-4-8-18/h2-12H,13-17H2,1H3,(H,23,24,25). The summed E-state index contributed by atoms with van der Waals surface area (Å²) < 4.78 is 5.40. The molecule has 3 aromatic rings. The molecule has 2 aromatic carbocycles. The molecule has 0 amide bonds. The van der Waals surface area contributed by atoms with Gasteiger partial charge in [-0.2, -0.15) is 4.98 Å². The smallest absolute Gasteiger partial charge is 0.227 e. The summed E-state index contributed by atoms with van der Waals surface area (Å²) in [5, 5.41) is 3.33. The summed E-state index contributed by atoms with van der Waals surface area (Å²) in [4.78, 5) is 13.9. The van der Waals surface area contributed by atoms with Gasteiger partial charge in [-0.3, -0.25) is 4.90 Å². The van der Waals surface area contributed by atoms with Gasteiger partial charge in [0.25, 0.3) is 0 Å². The topological polar surface area (TPSA) is 53.5 Å². The van der Waals surface area contributed by atoms with Crippen molar-refractivity contribution in [3.63, 3.8) is 0 Å². The van der Waals surface area contributed by atoms with Gasteiger partial charge in [-0.1, -0.05) is 42.5 Å². The van der Waals surface area contributed by atoms with Crippen molar-refractivity contribution >= 4 is 17.5 Å². The van der Waals surface area contributed by atoms with E-state index in [2.05, 4.69) is 50.4 Å². The van der Waals surface area contributed by atoms with E-state index in [0.717, 1.165) is 55.9 Å². The largest absolute Gasteiger partial charge is 0.495 e. The number of ether oxygens (including phenoxy) is 1. The first-order valence-corrected chi connectivity index (χ1v) is 9.56. The van der Waals surface area contributed by atoms with E-state index >= 15 is 0 Å². The van der Waals surface area contributed by atoms with Gasteiger partial charge in [-0.15, -0.1) is 0 Å². The van der Waals surface area contributed by atoms with Crippen molar-refractivity contribution in [3.8, 4) is 5.75 Å². The summed E-state index contributed by atoms with van der Waals surface area (Å²) >= 11 is 0. The Labute approximate surface area is 165 Å². The summed E-state index contributed by atoms with van der Waals surface area (Å²) in [7, 11) is 1.67. The van der Waals surface area contributed by atoms with Crippen LogP contribution in [0, 0.1) is 0 Å². The van der Waals surface area contributed by atoms with Crippen molar-refractivity contribution in [2.75, 3.05) is 43.5 Å². The van der Waals surface area contributed by atoms with Crippen LogP contribution in [0.5, 0.6) is 5.75 Å². The van der Waals surface area contributed by atoms with Crippen LogP contribution in [-0.2, 0) is 6.54 Å². The van der Waals surface area contributed by atoms with Crippen molar-refractivity contribution in [1.29, 1.82) is 0 Å². The minimum absolute atomic E-state index is 0.763. The summed E-state index contributed by atoms with van der Waals surface area (Å²) in [6.45, 7) is 4.84. The van der Waals surface area contributed by atoms with Crippen LogP contribution in [0.3, 0.4) is 0 Å². The Kier molecular flexibility index (Phi) is 5.68. The molecule has 1 aliphatic rings. The molecule has 144 valence electrons. The summed E-state index contributed by atoms with van der Waals surface area (Å²) in [6.07, 6.45) is 1.80. The maximum absolute atomic E-state index is 5.40. The third-order valence-electron chi connectivity index (χ3n) is 4.92. The van der Waals surface area contributed by atoms with Gasteiger partial charge in [0, 0.05) is 38.9 Å². The molecular formula is C22H25N5O. The van der Waals surface area contributed by atoms with Crippen molar-refractivity contribution in [2.24, 2.45) is 0 Å². The monoisotopic (exact) mass is 375 g/mol. The first kappa shape index (κ1) is 18.3. The Morgan fingerprint density at radius 1 is 0.929 bits per heavy atom. The summed E-state index contributed by atoms with van der Waals surface area (Å²) in [5.74, 6) is 2.32. The van der Waals surface area contributed by atoms with Crippen molar-refractivity contribution in [3.05, 3.63) is 72.4 Å². The Morgan fingerprint density at radius 2 is 1.68 bits per heavy atom. The molecule has 1 saturated heterocycles. The van der Waals surface area contributed by atoms with E-state index in [-0.39, 0.29) is 0 Å². The van der Waals surface area contributed by atoms with Gasteiger partial charge in [0.15, 0.2) is 0 Å². The zero-order chi connectivity index (χ0) is 19.2. The van der Waals surface area contributed by atoms with Gasteiger partial charge < -0.3 is 15.0 Å². The third kappa shape index (κ3) is 4.40. The van der Waals surface area contributed by atoms with Crippen LogP contribution in [0.1, 0.15) is 5.56 Å². The Morgan fingerprint density at radius 3 is 2.46 bits per heavy atom. The Hall–Kier alpha value is -3.12. The van der Waals surface area contributed by atoms with Crippen LogP contribution in [0.4, 0.5) is 17.5 Å². The van der Waals surface area contributed by atoms with E-state index in [1.807, 2.05) is 30.3 Å². The van der Waals surface area contributed by atoms with Gasteiger partial charge in [-0.25, -0.2) is 4.98 Å². The molecular weight excluding hydrogens is 350 g/mol. The molecule has 1 aromatic heterocycles. The number of nitrogens with one attached hydrogen (secondary N) is 1. The highest BCUT2D eigenvalue weighted by Crippen LogP contribution is 2.26. The number of aromatic nitrogens is 2. The number of rotatable bonds is 6. The van der Waals surface area contributed by atoms with Gasteiger partial charge in [0.05, 0.1) is 12.8 Å². The van der Waals surface area contributed by atoms with Gasteiger partial charge in [0.2, 0.25) is 5.95 Å². The van der Waals surface area contributed by atoms with Gasteiger partial charge in [-0.05, 0) is 23.8 Å². The minimum Gasteiger partial charge on any atom is -0.495 e. The molecule has 28 heavy (non-hydrogen) atoms. The van der Waals surface area contributed by atoms with E-state index in [0.29, 0.717) is 0 Å². The molecule has 0 atom stereocenters. The lowest BCUT2D eigenvalue weighted by molar-refractivity contribution is 0.248. The molecule has 2 heterocycles. The maximum atomic E-state index is 5.40. The average molecular weight is 375 g/mol. The number of benzene rings is 2. The minimum atomic E-state index is 0.763. The molecule has 1 fully saturated rings. The normalized spacial score (nSPS) is 14.7. The van der Waals surface area contributed by atoms with Crippen LogP contribution in [-0.4, -0.2) is 48.2 Å². The van der Waals surface area contributed by atoms with E-state index in [1.165, 1.54) is 5.56 Å². The molecule has 6 heteroatoms. The fourth-order valence-corrected chi connectivity index (χ4v) is 3.40. The molecule has 0 spiro atoms. The molecule has 0 bridgehead atoms. The SMILES string of the molecule is COc1ccccc1Nc1ccnc(N2CCN(Cc3ccccc3)CC2)n1. The molecule has 0 aliphatic carbocycles. The van der Waals surface area contributed by atoms with E-state index in [1.54, 1.807) is 13.3 Å². The Bertz CT molecular complexity index is 894. The Balaban J connectivity index is 1.38. The quantitative estimate of drug-likeness (QED) is 0.711. The molecule has 0 radical (unpaired) electrons. The lowest BCUT2D eigenvalue weighted by Gasteiger charge is -2.34. The molecule has 0 unspecified atom stereocenters. The zero-order valence-electron chi connectivity index (χ0n) is 16.1. The van der Waals surface area contributed by atoms with Crippen molar-refractivity contribution in [2.45, 2.75) is 6.54 Å². The first-order chi connectivity index (χ1) is 13.8. The van der Waals surface area contributed by atoms with Gasteiger partial charge >= 0.3 is 0 Å². The number of methoxy groups -OCH3 is 1. The van der Waals surface area contributed by atoms with E-state index < -0.39 is 0 Å². The predicted octanol–water partition coefficient (Wildman–Crippen LogP) is 3.55. The first-order valence-electron chi connectivity index (χ1n) is 9.56. The van der Waals surface area contributed by atoms with Crippen LogP contribution in [0.15, 0.2) is 66.9 Å². The average Bonchev–Trinajstić information content (AvgIpc) is 2.76. The highest BCUT2D eigenvalue weighted by molar-refractivity contribution is 5.64. The molecule has 1 N–H and O–H groups in total. The number of nitrogens with zero attached hydrogens (tertiary/aromatic N) is 4. The summed E-state index contributed by atoms with van der Waals surface area (Å²) in [5.41, 5.74) is 2.25. The van der Waals surface area contributed by atoms with Crippen LogP contribution in [0.2, 0.25) is 0 Å². The van der Waals surface area contributed by atoms with Crippen LogP contribution in [0.25, 0.3) is 0 Å². The van der Waals surface area contributed by atoms with Crippen LogP contribution < -0.4 is 15.0 Å². The second kappa shape index (κ2) is 8.71. The molecule has 0 saturated carbocycles. The fraction of sp³-hybridized carbons (Fsp3) is 0.273. The second-order valence-corrected chi connectivity index (χ2v) is 6.82. The number of piperazine rings is 1. The highest BCUT2D eigenvalue weighted by Gasteiger charge is 2.19. The maximum Gasteiger partial charge on any atom is 0.227 e. The van der Waals surface area contributed by atoms with Crippen molar-refractivity contribution in [1.82, 2.24) is 14.9 Å². The lowest BCUT2D eigenvalue weighted by Crippen LogP contribution is -2.46. The highest BCUT2D eigenvalue weighted by atomic mass is 16.5.